The van der Waals surface area contributed by atoms with Gasteiger partial charge in [-0.15, -0.1) is 11.8 Å². The van der Waals surface area contributed by atoms with Crippen molar-refractivity contribution in [2.24, 2.45) is 11.7 Å². The van der Waals surface area contributed by atoms with Crippen molar-refractivity contribution in [2.45, 2.75) is 49.3 Å². The first-order valence-electron chi connectivity index (χ1n) is 6.34. The zero-order chi connectivity index (χ0) is 12.3. The first kappa shape index (κ1) is 13.3. The summed E-state index contributed by atoms with van der Waals surface area (Å²) in [6, 6.07) is 6.04. The maximum atomic E-state index is 6.29. The molecular formula is C14H20ClNS. The van der Waals surface area contributed by atoms with Gasteiger partial charge in [0, 0.05) is 16.7 Å². The van der Waals surface area contributed by atoms with Gasteiger partial charge in [-0.2, -0.15) is 0 Å². The van der Waals surface area contributed by atoms with Crippen LogP contribution in [0.25, 0.3) is 0 Å². The Hall–Kier alpha value is -0.180. The Morgan fingerprint density at radius 3 is 2.94 bits per heavy atom. The average Bonchev–Trinajstić information content (AvgIpc) is 2.32. The first-order valence-corrected chi connectivity index (χ1v) is 7.60. The SMILES string of the molecule is CC1CCCC(Sc2c(Cl)cccc2CN)C1. The van der Waals surface area contributed by atoms with Gasteiger partial charge in [-0.3, -0.25) is 0 Å². The van der Waals surface area contributed by atoms with E-state index in [1.165, 1.54) is 36.1 Å². The van der Waals surface area contributed by atoms with Crippen molar-refractivity contribution in [1.82, 2.24) is 0 Å². The molecule has 17 heavy (non-hydrogen) atoms. The van der Waals surface area contributed by atoms with Crippen molar-refractivity contribution in [2.75, 3.05) is 0 Å². The summed E-state index contributed by atoms with van der Waals surface area (Å²) in [5, 5.41) is 1.57. The molecule has 2 unspecified atom stereocenters. The quantitative estimate of drug-likeness (QED) is 0.876. The highest BCUT2D eigenvalue weighted by molar-refractivity contribution is 8.00. The summed E-state index contributed by atoms with van der Waals surface area (Å²) in [6.45, 7) is 2.92. The Morgan fingerprint density at radius 1 is 1.41 bits per heavy atom. The molecule has 0 aliphatic heterocycles. The molecule has 1 aromatic rings. The van der Waals surface area contributed by atoms with Crippen molar-refractivity contribution >= 4 is 23.4 Å². The molecule has 0 radical (unpaired) electrons. The number of rotatable bonds is 3. The molecule has 0 spiro atoms. The monoisotopic (exact) mass is 269 g/mol. The second-order valence-corrected chi connectivity index (χ2v) is 6.66. The third-order valence-corrected chi connectivity index (χ3v) is 5.35. The van der Waals surface area contributed by atoms with Crippen molar-refractivity contribution in [3.05, 3.63) is 28.8 Å². The molecule has 1 aromatic carbocycles. The molecule has 0 saturated heterocycles. The van der Waals surface area contributed by atoms with Gasteiger partial charge >= 0.3 is 0 Å². The van der Waals surface area contributed by atoms with Crippen molar-refractivity contribution < 1.29 is 0 Å². The Labute approximate surface area is 113 Å². The molecule has 1 aliphatic rings. The lowest BCUT2D eigenvalue weighted by Gasteiger charge is -2.27. The van der Waals surface area contributed by atoms with Crippen LogP contribution in [0, 0.1) is 5.92 Å². The van der Waals surface area contributed by atoms with Gasteiger partial charge in [0.2, 0.25) is 0 Å². The lowest BCUT2D eigenvalue weighted by Crippen LogP contribution is -2.15. The molecule has 0 amide bonds. The number of thioether (sulfide) groups is 1. The predicted molar refractivity (Wildman–Crippen MR) is 76.6 cm³/mol. The van der Waals surface area contributed by atoms with Crippen LogP contribution in [0.1, 0.15) is 38.2 Å². The van der Waals surface area contributed by atoms with Crippen LogP contribution in [0.3, 0.4) is 0 Å². The largest absolute Gasteiger partial charge is 0.326 e. The Balaban J connectivity index is 2.12. The Kier molecular flexibility index (Phi) is 4.78. The Morgan fingerprint density at radius 2 is 2.24 bits per heavy atom. The van der Waals surface area contributed by atoms with Crippen LogP contribution in [0.5, 0.6) is 0 Å². The fraction of sp³-hybridized carbons (Fsp3) is 0.571. The number of halogens is 1. The van der Waals surface area contributed by atoms with E-state index in [0.717, 1.165) is 10.9 Å². The second-order valence-electron chi connectivity index (χ2n) is 4.94. The van der Waals surface area contributed by atoms with E-state index >= 15 is 0 Å². The minimum atomic E-state index is 0.575. The van der Waals surface area contributed by atoms with Crippen LogP contribution in [-0.2, 0) is 6.54 Å². The number of hydrogen-bond donors (Lipinski definition) is 1. The smallest absolute Gasteiger partial charge is 0.0545 e. The minimum absolute atomic E-state index is 0.575. The molecule has 1 fully saturated rings. The average molecular weight is 270 g/mol. The van der Waals surface area contributed by atoms with E-state index < -0.39 is 0 Å². The van der Waals surface area contributed by atoms with Crippen LogP contribution in [0.4, 0.5) is 0 Å². The van der Waals surface area contributed by atoms with E-state index in [-0.39, 0.29) is 0 Å². The highest BCUT2D eigenvalue weighted by Crippen LogP contribution is 2.40. The molecule has 2 rings (SSSR count). The topological polar surface area (TPSA) is 26.0 Å². The number of benzene rings is 1. The zero-order valence-corrected chi connectivity index (χ0v) is 11.9. The summed E-state index contributed by atoms with van der Waals surface area (Å²) < 4.78 is 0. The van der Waals surface area contributed by atoms with Gasteiger partial charge in [0.1, 0.15) is 0 Å². The number of nitrogens with two attached hydrogens (primary N) is 1. The van der Waals surface area contributed by atoms with Crippen LogP contribution in [-0.4, -0.2) is 5.25 Å². The maximum Gasteiger partial charge on any atom is 0.0545 e. The lowest BCUT2D eigenvalue weighted by atomic mass is 9.91. The highest BCUT2D eigenvalue weighted by Gasteiger charge is 2.21. The van der Waals surface area contributed by atoms with E-state index in [1.807, 2.05) is 23.9 Å². The summed E-state index contributed by atoms with van der Waals surface area (Å²) >= 11 is 8.22. The molecule has 94 valence electrons. The standard InChI is InChI=1S/C14H20ClNS/c1-10-4-2-6-12(8-10)17-14-11(9-16)5-3-7-13(14)15/h3,5,7,10,12H,2,4,6,8-9,16H2,1H3. The fourth-order valence-corrected chi connectivity index (χ4v) is 4.35. The maximum absolute atomic E-state index is 6.29. The highest BCUT2D eigenvalue weighted by atomic mass is 35.5. The molecule has 1 aliphatic carbocycles. The third kappa shape index (κ3) is 3.40. The molecule has 0 bridgehead atoms. The van der Waals surface area contributed by atoms with Gasteiger partial charge in [-0.1, -0.05) is 43.5 Å². The predicted octanol–water partition coefficient (Wildman–Crippen LogP) is 4.47. The summed E-state index contributed by atoms with van der Waals surface area (Å²) in [4.78, 5) is 1.20. The van der Waals surface area contributed by atoms with E-state index in [0.29, 0.717) is 11.8 Å². The lowest BCUT2D eigenvalue weighted by molar-refractivity contribution is 0.394. The van der Waals surface area contributed by atoms with Crippen LogP contribution >= 0.6 is 23.4 Å². The normalized spacial score (nSPS) is 24.9. The van der Waals surface area contributed by atoms with Crippen LogP contribution in [0.2, 0.25) is 5.02 Å². The first-order chi connectivity index (χ1) is 8.20. The second kappa shape index (κ2) is 6.12. The molecular weight excluding hydrogens is 250 g/mol. The van der Waals surface area contributed by atoms with Crippen molar-refractivity contribution in [1.29, 1.82) is 0 Å². The van der Waals surface area contributed by atoms with Crippen LogP contribution < -0.4 is 5.73 Å². The van der Waals surface area contributed by atoms with Gasteiger partial charge in [0.05, 0.1) is 5.02 Å². The van der Waals surface area contributed by atoms with E-state index in [1.54, 1.807) is 0 Å². The summed E-state index contributed by atoms with van der Waals surface area (Å²) in [7, 11) is 0. The summed E-state index contributed by atoms with van der Waals surface area (Å²) in [6.07, 6.45) is 5.34. The fourth-order valence-electron chi connectivity index (χ4n) is 2.50. The summed E-state index contributed by atoms with van der Waals surface area (Å²) in [5.41, 5.74) is 6.96. The van der Waals surface area contributed by atoms with Gasteiger partial charge in [0.15, 0.2) is 0 Å². The number of hydrogen-bond acceptors (Lipinski definition) is 2. The van der Waals surface area contributed by atoms with E-state index in [2.05, 4.69) is 13.0 Å². The molecule has 1 nitrogen and oxygen atoms in total. The van der Waals surface area contributed by atoms with Gasteiger partial charge in [-0.25, -0.2) is 0 Å². The summed E-state index contributed by atoms with van der Waals surface area (Å²) in [5.74, 6) is 0.852. The van der Waals surface area contributed by atoms with E-state index in [4.69, 9.17) is 17.3 Å². The van der Waals surface area contributed by atoms with Crippen LogP contribution in [0.15, 0.2) is 23.1 Å². The van der Waals surface area contributed by atoms with Crippen molar-refractivity contribution in [3.63, 3.8) is 0 Å². The van der Waals surface area contributed by atoms with Gasteiger partial charge < -0.3 is 5.73 Å². The molecule has 2 N–H and O–H groups in total. The molecule has 1 saturated carbocycles. The van der Waals surface area contributed by atoms with Gasteiger partial charge in [0.25, 0.3) is 0 Å². The molecule has 0 heterocycles. The van der Waals surface area contributed by atoms with E-state index in [9.17, 15) is 0 Å². The molecule has 2 atom stereocenters. The molecule has 3 heteroatoms. The zero-order valence-electron chi connectivity index (χ0n) is 10.3. The minimum Gasteiger partial charge on any atom is -0.326 e. The molecule has 0 aromatic heterocycles. The van der Waals surface area contributed by atoms with Gasteiger partial charge in [-0.05, 0) is 30.4 Å². The third-order valence-electron chi connectivity index (χ3n) is 3.44. The Bertz CT molecular complexity index is 380. The van der Waals surface area contributed by atoms with Crippen molar-refractivity contribution in [3.8, 4) is 0 Å².